The Morgan fingerprint density at radius 3 is 2.16 bits per heavy atom. The highest BCUT2D eigenvalue weighted by Crippen LogP contribution is 2.40. The molecule has 0 atom stereocenters. The third-order valence-corrected chi connectivity index (χ3v) is 10.3. The van der Waals surface area contributed by atoms with Gasteiger partial charge in [-0.2, -0.15) is 13.2 Å². The van der Waals surface area contributed by atoms with Crippen LogP contribution in [0, 0.1) is 6.92 Å². The smallest absolute Gasteiger partial charge is 0.416 e. The lowest BCUT2D eigenvalue weighted by Crippen LogP contribution is -2.47. The SMILES string of the molecule is Cc1cc(/C=C/C(=O)N2CCN(Cc3ccc(CCOc4ccc(C5CC5)cc4)cc3)CC2)cc(Cl)c1Oc1ccc(OCc2ccc(C(F)(F)F)cc2)cn1. The van der Waals surface area contributed by atoms with Crippen molar-refractivity contribution in [3.8, 4) is 23.1 Å². The Morgan fingerprint density at radius 1 is 0.839 bits per heavy atom. The average molecular weight is 782 g/mol. The number of aromatic nitrogens is 1. The van der Waals surface area contributed by atoms with Gasteiger partial charge in [0.2, 0.25) is 11.8 Å². The third kappa shape index (κ3) is 10.7. The molecule has 1 saturated carbocycles. The first-order valence-electron chi connectivity index (χ1n) is 18.8. The molecule has 56 heavy (non-hydrogen) atoms. The van der Waals surface area contributed by atoms with E-state index in [-0.39, 0.29) is 18.4 Å². The zero-order chi connectivity index (χ0) is 39.1. The van der Waals surface area contributed by atoms with Gasteiger partial charge in [-0.3, -0.25) is 9.69 Å². The average Bonchev–Trinajstić information content (AvgIpc) is 4.05. The van der Waals surface area contributed by atoms with Gasteiger partial charge in [0.25, 0.3) is 0 Å². The van der Waals surface area contributed by atoms with Crippen LogP contribution >= 0.6 is 11.6 Å². The van der Waals surface area contributed by atoms with Gasteiger partial charge in [0.05, 0.1) is 23.4 Å². The van der Waals surface area contributed by atoms with E-state index in [0.717, 1.165) is 61.0 Å². The molecular weight excluding hydrogens is 739 g/mol. The van der Waals surface area contributed by atoms with Crippen molar-refractivity contribution in [1.82, 2.24) is 14.8 Å². The van der Waals surface area contributed by atoms with Crippen molar-refractivity contribution in [2.45, 2.75) is 51.4 Å². The van der Waals surface area contributed by atoms with Gasteiger partial charge in [0.1, 0.15) is 18.1 Å². The number of carbonyl (C=O) groups excluding carboxylic acids is 1. The highest BCUT2D eigenvalue weighted by atomic mass is 35.5. The molecular formula is C45H43ClF3N3O4. The molecule has 1 amide bonds. The molecule has 2 fully saturated rings. The van der Waals surface area contributed by atoms with E-state index in [2.05, 4.69) is 58.4 Å². The molecule has 0 bridgehead atoms. The molecule has 1 aliphatic carbocycles. The van der Waals surface area contributed by atoms with Crippen LogP contribution in [0.4, 0.5) is 13.2 Å². The Labute approximate surface area is 330 Å². The fourth-order valence-electron chi connectivity index (χ4n) is 6.57. The van der Waals surface area contributed by atoms with E-state index in [1.165, 1.54) is 47.9 Å². The molecule has 290 valence electrons. The van der Waals surface area contributed by atoms with Gasteiger partial charge < -0.3 is 19.1 Å². The van der Waals surface area contributed by atoms with Gasteiger partial charge in [-0.15, -0.1) is 0 Å². The molecule has 2 heterocycles. The number of piperazine rings is 1. The van der Waals surface area contributed by atoms with Crippen molar-refractivity contribution in [2.24, 2.45) is 0 Å². The number of nitrogens with zero attached hydrogens (tertiary/aromatic N) is 3. The summed E-state index contributed by atoms with van der Waals surface area (Å²) in [5.41, 5.74) is 5.33. The number of ether oxygens (including phenoxy) is 3. The lowest BCUT2D eigenvalue weighted by Gasteiger charge is -2.34. The largest absolute Gasteiger partial charge is 0.493 e. The third-order valence-electron chi connectivity index (χ3n) is 9.97. The van der Waals surface area contributed by atoms with Crippen LogP contribution < -0.4 is 14.2 Å². The number of benzene rings is 4. The maximum absolute atomic E-state index is 13.1. The Bertz CT molecular complexity index is 2090. The summed E-state index contributed by atoms with van der Waals surface area (Å²) in [6.45, 7) is 6.33. The predicted octanol–water partition coefficient (Wildman–Crippen LogP) is 10.3. The molecule has 5 aromatic rings. The van der Waals surface area contributed by atoms with Gasteiger partial charge in [-0.25, -0.2) is 4.98 Å². The minimum absolute atomic E-state index is 0.0472. The van der Waals surface area contributed by atoms with E-state index in [4.69, 9.17) is 25.8 Å². The monoisotopic (exact) mass is 781 g/mol. The number of hydrogen-bond acceptors (Lipinski definition) is 6. The number of amides is 1. The normalized spacial score (nSPS) is 14.9. The summed E-state index contributed by atoms with van der Waals surface area (Å²) in [6.07, 6.45) is 3.89. The van der Waals surface area contributed by atoms with E-state index in [1.807, 2.05) is 17.9 Å². The van der Waals surface area contributed by atoms with Crippen molar-refractivity contribution in [3.05, 3.63) is 153 Å². The highest BCUT2D eigenvalue weighted by Gasteiger charge is 2.30. The summed E-state index contributed by atoms with van der Waals surface area (Å²) in [7, 11) is 0. The lowest BCUT2D eigenvalue weighted by molar-refractivity contribution is -0.137. The Morgan fingerprint density at radius 2 is 1.52 bits per heavy atom. The van der Waals surface area contributed by atoms with Gasteiger partial charge >= 0.3 is 6.18 Å². The number of aryl methyl sites for hydroxylation is 1. The van der Waals surface area contributed by atoms with E-state index >= 15 is 0 Å². The van der Waals surface area contributed by atoms with E-state index in [9.17, 15) is 18.0 Å². The van der Waals surface area contributed by atoms with Crippen LogP contribution in [-0.4, -0.2) is 53.5 Å². The van der Waals surface area contributed by atoms with Crippen LogP contribution in [-0.2, 0) is 30.5 Å². The summed E-state index contributed by atoms with van der Waals surface area (Å²) in [6, 6.07) is 29.0. The Hall–Kier alpha value is -5.32. The number of hydrogen-bond donors (Lipinski definition) is 0. The van der Waals surface area contributed by atoms with Crippen LogP contribution in [0.2, 0.25) is 5.02 Å². The summed E-state index contributed by atoms with van der Waals surface area (Å²) >= 11 is 6.60. The Kier molecular flexibility index (Phi) is 12.3. The standard InChI is InChI=1S/C45H43ClF3N3O4/c1-31-26-35(27-41(46)44(31)56-42-18-17-40(28-50-42)55-30-34-6-13-38(14-7-34)45(47,48)49)8-19-43(53)52-23-21-51(22-24-52)29-33-4-2-32(3-5-33)20-25-54-39-15-11-37(12-16-39)36-9-10-36/h2-8,11-19,26-28,36H,9-10,20-25,29-30H2,1H3/b19-8+. The number of halogens is 4. The second kappa shape index (κ2) is 17.6. The molecule has 0 spiro atoms. The Balaban J connectivity index is 0.826. The molecule has 1 aliphatic heterocycles. The molecule has 0 unspecified atom stereocenters. The fourth-order valence-corrected chi connectivity index (χ4v) is 6.88. The lowest BCUT2D eigenvalue weighted by atomic mass is 10.1. The van der Waals surface area contributed by atoms with Gasteiger partial charge in [-0.1, -0.05) is 60.1 Å². The van der Waals surface area contributed by atoms with Crippen molar-refractivity contribution >= 4 is 23.6 Å². The summed E-state index contributed by atoms with van der Waals surface area (Å²) in [5, 5.41) is 0.366. The highest BCUT2D eigenvalue weighted by molar-refractivity contribution is 6.32. The van der Waals surface area contributed by atoms with Crippen LogP contribution in [0.3, 0.4) is 0 Å². The fraction of sp³-hybridized carbons (Fsp3) is 0.289. The minimum Gasteiger partial charge on any atom is -0.493 e. The maximum atomic E-state index is 13.1. The molecule has 7 nitrogen and oxygen atoms in total. The topological polar surface area (TPSA) is 64.1 Å². The second-order valence-corrected chi connectivity index (χ2v) is 14.7. The van der Waals surface area contributed by atoms with Gasteiger partial charge in [0.15, 0.2) is 5.75 Å². The summed E-state index contributed by atoms with van der Waals surface area (Å²) in [4.78, 5) is 21.6. The molecule has 0 radical (unpaired) electrons. The first-order valence-corrected chi connectivity index (χ1v) is 19.2. The molecule has 2 aliphatic rings. The maximum Gasteiger partial charge on any atom is 0.416 e. The van der Waals surface area contributed by atoms with Crippen LogP contribution in [0.1, 0.15) is 57.7 Å². The zero-order valence-corrected chi connectivity index (χ0v) is 31.9. The summed E-state index contributed by atoms with van der Waals surface area (Å²) in [5.74, 6) is 2.79. The molecule has 1 saturated heterocycles. The number of carbonyl (C=O) groups is 1. The number of alkyl halides is 3. The van der Waals surface area contributed by atoms with Crippen molar-refractivity contribution in [1.29, 1.82) is 0 Å². The van der Waals surface area contributed by atoms with Crippen LogP contribution in [0.15, 0.2) is 109 Å². The molecule has 1 aromatic heterocycles. The van der Waals surface area contributed by atoms with Crippen LogP contribution in [0.25, 0.3) is 6.08 Å². The molecule has 7 rings (SSSR count). The molecule has 4 aromatic carbocycles. The minimum atomic E-state index is -4.39. The zero-order valence-electron chi connectivity index (χ0n) is 31.1. The molecule has 0 N–H and O–H groups in total. The second-order valence-electron chi connectivity index (χ2n) is 14.3. The first-order chi connectivity index (χ1) is 27.1. The molecule has 11 heteroatoms. The van der Waals surface area contributed by atoms with Crippen molar-refractivity contribution in [2.75, 3.05) is 32.8 Å². The quantitative estimate of drug-likeness (QED) is 0.105. The first kappa shape index (κ1) is 38.9. The van der Waals surface area contributed by atoms with Gasteiger partial charge in [-0.05, 0) is 108 Å². The van der Waals surface area contributed by atoms with Crippen molar-refractivity contribution < 1.29 is 32.2 Å². The van der Waals surface area contributed by atoms with Crippen molar-refractivity contribution in [3.63, 3.8) is 0 Å². The summed E-state index contributed by atoms with van der Waals surface area (Å²) < 4.78 is 56.0. The predicted molar refractivity (Wildman–Crippen MR) is 211 cm³/mol. The van der Waals surface area contributed by atoms with E-state index < -0.39 is 11.7 Å². The van der Waals surface area contributed by atoms with E-state index in [0.29, 0.717) is 41.8 Å². The van der Waals surface area contributed by atoms with Gasteiger partial charge in [0, 0.05) is 51.3 Å². The number of pyridine rings is 1. The van der Waals surface area contributed by atoms with Crippen LogP contribution in [0.5, 0.6) is 23.1 Å². The van der Waals surface area contributed by atoms with E-state index in [1.54, 1.807) is 30.4 Å². The number of rotatable bonds is 14.